The van der Waals surface area contributed by atoms with Crippen molar-refractivity contribution in [2.24, 2.45) is 11.7 Å². The Balaban J connectivity index is 2.19. The number of ether oxygens (including phenoxy) is 1. The molecule has 0 bridgehead atoms. The Kier molecular flexibility index (Phi) is 3.55. The first kappa shape index (κ1) is 8.39. The summed E-state index contributed by atoms with van der Waals surface area (Å²) < 4.78 is 5.96. The standard InChI is InChI=1S/C7H13NO.Co/c8-4-1-7-2-5-9-6-3-7;/h7H,1-3,5-6,8H2;. The minimum absolute atomic E-state index is 0.712. The van der Waals surface area contributed by atoms with E-state index in [0.29, 0.717) is 5.92 Å². The summed E-state index contributed by atoms with van der Waals surface area (Å²) in [5, 5.41) is 0. The van der Waals surface area contributed by atoms with Crippen molar-refractivity contribution in [1.29, 1.82) is 0 Å². The fraction of sp³-hybridized carbons (Fsp3) is 0.857. The van der Waals surface area contributed by atoms with Crippen molar-refractivity contribution >= 4 is 4.58 Å². The zero-order valence-corrected chi connectivity index (χ0v) is 6.97. The van der Waals surface area contributed by atoms with Crippen molar-refractivity contribution in [3.63, 3.8) is 0 Å². The third-order valence-electron chi connectivity index (χ3n) is 1.82. The monoisotopic (exact) mass is 186 g/mol. The average Bonchev–Trinajstić information content (AvgIpc) is 1.88. The van der Waals surface area contributed by atoms with Gasteiger partial charge in [0.1, 0.15) is 0 Å². The second-order valence-corrected chi connectivity index (χ2v) is 3.35. The number of hydrogen-bond donors (Lipinski definition) is 1. The van der Waals surface area contributed by atoms with Crippen molar-refractivity contribution in [3.05, 3.63) is 0 Å². The minimum atomic E-state index is 0.712. The van der Waals surface area contributed by atoms with Crippen LogP contribution in [-0.2, 0) is 20.0 Å². The molecule has 0 saturated carbocycles. The molecular weight excluding hydrogens is 173 g/mol. The molecule has 1 saturated heterocycles. The summed E-state index contributed by atoms with van der Waals surface area (Å²) in [7, 11) is 0. The molecule has 0 aromatic rings. The van der Waals surface area contributed by atoms with E-state index in [1.165, 1.54) is 0 Å². The number of hydrogen-bond acceptors (Lipinski definition) is 2. The van der Waals surface area contributed by atoms with Gasteiger partial charge in [-0.1, -0.05) is 0 Å². The van der Waals surface area contributed by atoms with Gasteiger partial charge in [-0.05, 0) is 0 Å². The van der Waals surface area contributed by atoms with Gasteiger partial charge in [-0.15, -0.1) is 0 Å². The number of nitrogens with two attached hydrogens (primary N) is 1. The molecule has 0 unspecified atom stereocenters. The topological polar surface area (TPSA) is 35.2 Å². The van der Waals surface area contributed by atoms with Crippen LogP contribution >= 0.6 is 0 Å². The van der Waals surface area contributed by atoms with Crippen LogP contribution in [0.3, 0.4) is 0 Å². The van der Waals surface area contributed by atoms with Crippen molar-refractivity contribution in [2.45, 2.75) is 19.3 Å². The van der Waals surface area contributed by atoms with Crippen LogP contribution < -0.4 is 5.73 Å². The third kappa shape index (κ3) is 2.92. The maximum absolute atomic E-state index is 5.46. The van der Waals surface area contributed by atoms with Gasteiger partial charge in [0.05, 0.1) is 0 Å². The molecule has 0 amide bonds. The Bertz CT molecular complexity index is 121. The molecule has 2 nitrogen and oxygen atoms in total. The molecule has 1 fully saturated rings. The van der Waals surface area contributed by atoms with E-state index in [0.717, 1.165) is 37.1 Å². The SMILES string of the molecule is N[C](=[Co])CC1CCOCC1. The molecule has 0 radical (unpaired) electrons. The molecule has 0 spiro atoms. The molecule has 1 heterocycles. The van der Waals surface area contributed by atoms with Crippen LogP contribution in [0, 0.1) is 5.92 Å². The summed E-state index contributed by atoms with van der Waals surface area (Å²) in [5.74, 6) is 0.712. The van der Waals surface area contributed by atoms with Crippen LogP contribution in [0.1, 0.15) is 19.3 Å². The third-order valence-corrected chi connectivity index (χ3v) is 2.03. The molecule has 0 aromatic carbocycles. The van der Waals surface area contributed by atoms with Crippen LogP contribution in [0.25, 0.3) is 0 Å². The van der Waals surface area contributed by atoms with Crippen LogP contribution in [0.4, 0.5) is 0 Å². The Labute approximate surface area is 69.3 Å². The summed E-state index contributed by atoms with van der Waals surface area (Å²) in [4.78, 5) is 0. The first-order valence-corrected chi connectivity index (χ1v) is 4.13. The molecule has 10 heavy (non-hydrogen) atoms. The first-order valence-electron chi connectivity index (χ1n) is 3.61. The van der Waals surface area contributed by atoms with Gasteiger partial charge >= 0.3 is 68.7 Å². The Morgan fingerprint density at radius 2 is 2.10 bits per heavy atom. The molecular formula is C7H13CoNO. The van der Waals surface area contributed by atoms with Gasteiger partial charge in [0.15, 0.2) is 0 Å². The fourth-order valence-electron chi connectivity index (χ4n) is 1.21. The van der Waals surface area contributed by atoms with Crippen molar-refractivity contribution in [2.75, 3.05) is 13.2 Å². The van der Waals surface area contributed by atoms with Crippen molar-refractivity contribution in [1.82, 2.24) is 0 Å². The normalized spacial score (nSPS) is 21.0. The number of rotatable bonds is 2. The summed E-state index contributed by atoms with van der Waals surface area (Å²) in [6.45, 7) is 1.79. The molecule has 0 aromatic heterocycles. The van der Waals surface area contributed by atoms with Crippen LogP contribution in [0.2, 0.25) is 0 Å². The molecule has 1 aliphatic heterocycles. The quantitative estimate of drug-likeness (QED) is 0.679. The van der Waals surface area contributed by atoms with E-state index >= 15 is 0 Å². The Morgan fingerprint density at radius 3 is 2.60 bits per heavy atom. The molecule has 61 valence electrons. The Morgan fingerprint density at radius 1 is 1.50 bits per heavy atom. The average molecular weight is 186 g/mol. The van der Waals surface area contributed by atoms with E-state index < -0.39 is 0 Å². The second-order valence-electron chi connectivity index (χ2n) is 2.68. The molecule has 1 aliphatic rings. The van der Waals surface area contributed by atoms with E-state index in [4.69, 9.17) is 10.5 Å². The molecule has 0 aliphatic carbocycles. The van der Waals surface area contributed by atoms with Gasteiger partial charge in [-0.3, -0.25) is 0 Å². The maximum atomic E-state index is 5.46. The summed E-state index contributed by atoms with van der Waals surface area (Å²) in [6, 6.07) is 0. The van der Waals surface area contributed by atoms with Gasteiger partial charge < -0.3 is 0 Å². The molecule has 0 atom stereocenters. The van der Waals surface area contributed by atoms with Crippen LogP contribution in [0.5, 0.6) is 0 Å². The summed E-state index contributed by atoms with van der Waals surface area (Å²) in [5.41, 5.74) is 5.46. The predicted molar refractivity (Wildman–Crippen MR) is 37.4 cm³/mol. The van der Waals surface area contributed by atoms with E-state index in [1.54, 1.807) is 0 Å². The molecule has 3 heteroatoms. The Hall–Kier alpha value is 0.296. The van der Waals surface area contributed by atoms with E-state index in [2.05, 4.69) is 15.3 Å². The van der Waals surface area contributed by atoms with Gasteiger partial charge in [0, 0.05) is 0 Å². The van der Waals surface area contributed by atoms with Crippen LogP contribution in [-0.4, -0.2) is 17.8 Å². The predicted octanol–water partition coefficient (Wildman–Crippen LogP) is 0.438. The molecule has 2 N–H and O–H groups in total. The molecule has 1 rings (SSSR count). The second kappa shape index (κ2) is 4.23. The zero-order valence-electron chi connectivity index (χ0n) is 5.93. The van der Waals surface area contributed by atoms with Gasteiger partial charge in [-0.25, -0.2) is 0 Å². The van der Waals surface area contributed by atoms with Crippen molar-refractivity contribution in [3.8, 4) is 0 Å². The van der Waals surface area contributed by atoms with Crippen molar-refractivity contribution < 1.29 is 20.0 Å². The zero-order chi connectivity index (χ0) is 7.40. The first-order chi connectivity index (χ1) is 4.79. The van der Waals surface area contributed by atoms with E-state index in [1.807, 2.05) is 0 Å². The van der Waals surface area contributed by atoms with Gasteiger partial charge in [-0.2, -0.15) is 0 Å². The summed E-state index contributed by atoms with van der Waals surface area (Å²) >= 11 is 4.11. The summed E-state index contributed by atoms with van der Waals surface area (Å²) in [6.07, 6.45) is 3.23. The fourth-order valence-corrected chi connectivity index (χ4v) is 1.51. The van der Waals surface area contributed by atoms with Gasteiger partial charge in [0.2, 0.25) is 0 Å². The van der Waals surface area contributed by atoms with E-state index in [9.17, 15) is 0 Å². The van der Waals surface area contributed by atoms with E-state index in [-0.39, 0.29) is 0 Å². The van der Waals surface area contributed by atoms with Crippen LogP contribution in [0.15, 0.2) is 0 Å². The van der Waals surface area contributed by atoms with Gasteiger partial charge in [0.25, 0.3) is 0 Å².